The Bertz CT molecular complexity index is 658. The maximum Gasteiger partial charge on any atom is 0.240 e. The fourth-order valence-corrected chi connectivity index (χ4v) is 4.05. The van der Waals surface area contributed by atoms with Crippen LogP contribution in [-0.4, -0.2) is 29.2 Å². The first-order valence-corrected chi connectivity index (χ1v) is 8.85. The van der Waals surface area contributed by atoms with E-state index in [2.05, 4.69) is 5.32 Å². The molecule has 6 heteroatoms. The van der Waals surface area contributed by atoms with E-state index >= 15 is 0 Å². The minimum Gasteiger partial charge on any atom is -0.399 e. The maximum atomic E-state index is 12.7. The molecule has 3 rings (SSSR count). The van der Waals surface area contributed by atoms with Crippen LogP contribution in [0.15, 0.2) is 24.3 Å². The van der Waals surface area contributed by atoms with Crippen molar-refractivity contribution in [1.29, 1.82) is 0 Å². The summed E-state index contributed by atoms with van der Waals surface area (Å²) in [6, 6.07) is 7.20. The number of nitrogens with two attached hydrogens (primary N) is 1. The van der Waals surface area contributed by atoms with Gasteiger partial charge in [-0.25, -0.2) is 0 Å². The van der Waals surface area contributed by atoms with Gasteiger partial charge in [0.15, 0.2) is 0 Å². The van der Waals surface area contributed by atoms with Gasteiger partial charge in [0.25, 0.3) is 0 Å². The summed E-state index contributed by atoms with van der Waals surface area (Å²) < 4.78 is 0. The van der Waals surface area contributed by atoms with Crippen molar-refractivity contribution < 1.29 is 14.4 Å². The van der Waals surface area contributed by atoms with Crippen LogP contribution >= 0.6 is 0 Å². The number of benzene rings is 1. The Morgan fingerprint density at radius 2 is 1.60 bits per heavy atom. The Balaban J connectivity index is 1.62. The van der Waals surface area contributed by atoms with Gasteiger partial charge in [0.2, 0.25) is 17.7 Å². The Kier molecular flexibility index (Phi) is 4.79. The third-order valence-electron chi connectivity index (χ3n) is 5.56. The summed E-state index contributed by atoms with van der Waals surface area (Å²) in [4.78, 5) is 38.7. The molecule has 1 saturated heterocycles. The lowest BCUT2D eigenvalue weighted by Gasteiger charge is -2.32. The number of rotatable bonds is 4. The van der Waals surface area contributed by atoms with E-state index in [9.17, 15) is 14.4 Å². The molecule has 4 atom stereocenters. The van der Waals surface area contributed by atoms with E-state index in [0.717, 1.165) is 23.3 Å². The molecule has 1 heterocycles. The lowest BCUT2D eigenvalue weighted by Crippen LogP contribution is -2.41. The van der Waals surface area contributed by atoms with Gasteiger partial charge in [-0.05, 0) is 42.4 Å². The summed E-state index contributed by atoms with van der Waals surface area (Å²) in [6.45, 7) is 4.20. The summed E-state index contributed by atoms with van der Waals surface area (Å²) in [7, 11) is 0. The standard InChI is InChI=1S/C19H25N3O3/c1-11-3-4-12(2)17-16(11)18(24)22(19(17)25)10-15(23)21-9-13-5-7-14(20)8-6-13/h5-8,11-12,16-17H,3-4,9-10,20H2,1-2H3,(H,21,23)/t11-,12+,16+,17-. The van der Waals surface area contributed by atoms with Crippen molar-refractivity contribution in [3.8, 4) is 0 Å². The van der Waals surface area contributed by atoms with Crippen LogP contribution in [0.1, 0.15) is 32.3 Å². The number of carbonyl (C=O) groups is 3. The second-order valence-corrected chi connectivity index (χ2v) is 7.36. The second-order valence-electron chi connectivity index (χ2n) is 7.36. The van der Waals surface area contributed by atoms with Gasteiger partial charge in [-0.2, -0.15) is 0 Å². The zero-order chi connectivity index (χ0) is 18.1. The van der Waals surface area contributed by atoms with Gasteiger partial charge in [0, 0.05) is 12.2 Å². The highest BCUT2D eigenvalue weighted by molar-refractivity contribution is 6.07. The van der Waals surface area contributed by atoms with E-state index in [4.69, 9.17) is 5.73 Å². The average molecular weight is 343 g/mol. The maximum absolute atomic E-state index is 12.7. The third-order valence-corrected chi connectivity index (χ3v) is 5.56. The molecular weight excluding hydrogens is 318 g/mol. The van der Waals surface area contributed by atoms with Crippen LogP contribution in [0.25, 0.3) is 0 Å². The van der Waals surface area contributed by atoms with E-state index in [1.54, 1.807) is 12.1 Å². The van der Waals surface area contributed by atoms with Crippen LogP contribution in [0.3, 0.4) is 0 Å². The number of likely N-dealkylation sites (tertiary alicyclic amines) is 1. The molecule has 1 saturated carbocycles. The molecule has 6 nitrogen and oxygen atoms in total. The van der Waals surface area contributed by atoms with E-state index < -0.39 is 0 Å². The summed E-state index contributed by atoms with van der Waals surface area (Å²) in [5.41, 5.74) is 7.21. The number of fused-ring (bicyclic) bond motifs is 1. The monoisotopic (exact) mass is 343 g/mol. The number of nitrogens with zero attached hydrogens (tertiary/aromatic N) is 1. The SMILES string of the molecule is C[C@@H]1CC[C@H](C)[C@H]2C(=O)N(CC(=O)NCc3ccc(N)cc3)C(=O)[C@H]21. The topological polar surface area (TPSA) is 92.5 Å². The van der Waals surface area contributed by atoms with Crippen molar-refractivity contribution in [2.45, 2.75) is 33.2 Å². The van der Waals surface area contributed by atoms with Gasteiger partial charge >= 0.3 is 0 Å². The molecule has 1 aliphatic heterocycles. The van der Waals surface area contributed by atoms with Crippen LogP contribution in [0.4, 0.5) is 5.69 Å². The van der Waals surface area contributed by atoms with Gasteiger partial charge in [-0.3, -0.25) is 19.3 Å². The molecule has 1 aliphatic carbocycles. The predicted molar refractivity (Wildman–Crippen MR) is 94.0 cm³/mol. The third kappa shape index (κ3) is 3.38. The number of nitrogens with one attached hydrogen (secondary N) is 1. The Morgan fingerprint density at radius 1 is 1.08 bits per heavy atom. The first-order chi connectivity index (χ1) is 11.9. The normalized spacial score (nSPS) is 28.8. The lowest BCUT2D eigenvalue weighted by molar-refractivity contribution is -0.144. The van der Waals surface area contributed by atoms with Gasteiger partial charge in [-0.1, -0.05) is 26.0 Å². The number of hydrogen-bond donors (Lipinski definition) is 2. The van der Waals surface area contributed by atoms with Crippen LogP contribution in [0.5, 0.6) is 0 Å². The summed E-state index contributed by atoms with van der Waals surface area (Å²) >= 11 is 0. The number of anilines is 1. The van der Waals surface area contributed by atoms with Gasteiger partial charge in [0.05, 0.1) is 11.8 Å². The molecule has 2 aliphatic rings. The van der Waals surface area contributed by atoms with Crippen LogP contribution in [0.2, 0.25) is 0 Å². The zero-order valence-electron chi connectivity index (χ0n) is 14.7. The molecule has 2 fully saturated rings. The van der Waals surface area contributed by atoms with Crippen LogP contribution in [-0.2, 0) is 20.9 Å². The van der Waals surface area contributed by atoms with E-state index in [1.807, 2.05) is 26.0 Å². The zero-order valence-corrected chi connectivity index (χ0v) is 14.7. The van der Waals surface area contributed by atoms with Crippen molar-refractivity contribution in [2.75, 3.05) is 12.3 Å². The Labute approximate surface area is 147 Å². The summed E-state index contributed by atoms with van der Waals surface area (Å²) in [5.74, 6) is -0.825. The van der Waals surface area contributed by atoms with Crippen molar-refractivity contribution in [3.05, 3.63) is 29.8 Å². The number of hydrogen-bond acceptors (Lipinski definition) is 4. The molecule has 0 unspecified atom stereocenters. The predicted octanol–water partition coefficient (Wildman–Crippen LogP) is 1.55. The van der Waals surface area contributed by atoms with Gasteiger partial charge in [0.1, 0.15) is 6.54 Å². The van der Waals surface area contributed by atoms with E-state index in [0.29, 0.717) is 12.2 Å². The molecule has 3 N–H and O–H groups in total. The number of amides is 3. The lowest BCUT2D eigenvalue weighted by atomic mass is 9.69. The van der Waals surface area contributed by atoms with Crippen molar-refractivity contribution in [1.82, 2.24) is 10.2 Å². The minimum atomic E-state index is -0.322. The first-order valence-electron chi connectivity index (χ1n) is 8.85. The molecule has 0 aromatic heterocycles. The van der Waals surface area contributed by atoms with Crippen LogP contribution < -0.4 is 11.1 Å². The molecule has 1 aromatic rings. The molecule has 25 heavy (non-hydrogen) atoms. The smallest absolute Gasteiger partial charge is 0.240 e. The van der Waals surface area contributed by atoms with E-state index in [-0.39, 0.29) is 47.9 Å². The molecule has 134 valence electrons. The van der Waals surface area contributed by atoms with Crippen molar-refractivity contribution in [3.63, 3.8) is 0 Å². The first kappa shape index (κ1) is 17.5. The van der Waals surface area contributed by atoms with E-state index in [1.165, 1.54) is 0 Å². The molecule has 1 aromatic carbocycles. The highest BCUT2D eigenvalue weighted by atomic mass is 16.2. The highest BCUT2D eigenvalue weighted by Gasteiger charge is 2.53. The highest BCUT2D eigenvalue weighted by Crippen LogP contribution is 2.44. The largest absolute Gasteiger partial charge is 0.399 e. The van der Waals surface area contributed by atoms with Gasteiger partial charge in [-0.15, -0.1) is 0 Å². The molecule has 0 radical (unpaired) electrons. The molecule has 0 spiro atoms. The number of nitrogen functional groups attached to an aromatic ring is 1. The van der Waals surface area contributed by atoms with Gasteiger partial charge < -0.3 is 11.1 Å². The quantitative estimate of drug-likeness (QED) is 0.641. The number of carbonyl (C=O) groups excluding carboxylic acids is 3. The van der Waals surface area contributed by atoms with Crippen molar-refractivity contribution in [2.24, 2.45) is 23.7 Å². The summed E-state index contributed by atoms with van der Waals surface area (Å²) in [6.07, 6.45) is 1.91. The summed E-state index contributed by atoms with van der Waals surface area (Å²) in [5, 5.41) is 2.76. The average Bonchev–Trinajstić information content (AvgIpc) is 2.83. The van der Waals surface area contributed by atoms with Crippen LogP contribution in [0, 0.1) is 23.7 Å². The minimum absolute atomic E-state index is 0.184. The fraction of sp³-hybridized carbons (Fsp3) is 0.526. The molecule has 3 amide bonds. The number of imide groups is 1. The fourth-order valence-electron chi connectivity index (χ4n) is 4.05. The molecule has 0 bridgehead atoms. The Morgan fingerprint density at radius 3 is 2.12 bits per heavy atom. The second kappa shape index (κ2) is 6.86. The molecular formula is C19H25N3O3. The Hall–Kier alpha value is -2.37. The van der Waals surface area contributed by atoms with Crippen molar-refractivity contribution >= 4 is 23.4 Å².